The summed E-state index contributed by atoms with van der Waals surface area (Å²) in [6, 6.07) is 0. The van der Waals surface area contributed by atoms with Gasteiger partial charge in [-0.3, -0.25) is 4.68 Å². The predicted molar refractivity (Wildman–Crippen MR) is 58.4 cm³/mol. The van der Waals surface area contributed by atoms with E-state index < -0.39 is 23.0 Å². The molecule has 1 aromatic rings. The number of hydrogen-bond acceptors (Lipinski definition) is 3. The highest BCUT2D eigenvalue weighted by molar-refractivity contribution is 7.89. The highest BCUT2D eigenvalue weighted by Gasteiger charge is 2.25. The molecule has 17 heavy (non-hydrogen) atoms. The van der Waals surface area contributed by atoms with Crippen molar-refractivity contribution in [1.29, 1.82) is 0 Å². The zero-order valence-corrected chi connectivity index (χ0v) is 10.5. The summed E-state index contributed by atoms with van der Waals surface area (Å²) in [4.78, 5) is -0.108. The van der Waals surface area contributed by atoms with Crippen LogP contribution in [-0.2, 0) is 29.4 Å². The van der Waals surface area contributed by atoms with Gasteiger partial charge in [-0.15, -0.1) is 0 Å². The van der Waals surface area contributed by atoms with Gasteiger partial charge in [0.2, 0.25) is 10.0 Å². The van der Waals surface area contributed by atoms with Crippen molar-refractivity contribution < 1.29 is 17.2 Å². The van der Waals surface area contributed by atoms with Crippen LogP contribution in [0.5, 0.6) is 0 Å². The molecule has 98 valence electrons. The standard InChI is InChI=1S/C9H15F2N3O2S/c1-3-6-9(17(12,15)16)7(4-2)14(13-6)5-8(10)11/h8H,3-5H2,1-2H3,(H2,12,15,16). The Bertz CT molecular complexity index is 497. The van der Waals surface area contributed by atoms with Crippen LogP contribution in [0.4, 0.5) is 8.78 Å². The smallest absolute Gasteiger partial charge is 0.257 e. The van der Waals surface area contributed by atoms with Gasteiger partial charge in [0.1, 0.15) is 11.4 Å². The van der Waals surface area contributed by atoms with Crippen LogP contribution in [0.25, 0.3) is 0 Å². The number of halogens is 2. The monoisotopic (exact) mass is 267 g/mol. The van der Waals surface area contributed by atoms with Crippen LogP contribution in [0.3, 0.4) is 0 Å². The molecule has 0 amide bonds. The molecule has 0 bridgehead atoms. The summed E-state index contributed by atoms with van der Waals surface area (Å²) in [6.45, 7) is 2.75. The summed E-state index contributed by atoms with van der Waals surface area (Å²) >= 11 is 0. The lowest BCUT2D eigenvalue weighted by atomic mass is 10.2. The van der Waals surface area contributed by atoms with Crippen LogP contribution in [-0.4, -0.2) is 24.6 Å². The van der Waals surface area contributed by atoms with E-state index in [1.807, 2.05) is 0 Å². The number of aryl methyl sites for hydroxylation is 1. The van der Waals surface area contributed by atoms with Crippen LogP contribution >= 0.6 is 0 Å². The Kier molecular flexibility index (Phi) is 4.21. The van der Waals surface area contributed by atoms with Crippen LogP contribution in [0.2, 0.25) is 0 Å². The number of hydrogen-bond donors (Lipinski definition) is 1. The number of aromatic nitrogens is 2. The third kappa shape index (κ3) is 3.01. The molecule has 8 heteroatoms. The summed E-state index contributed by atoms with van der Waals surface area (Å²) in [5.41, 5.74) is 0.481. The largest absolute Gasteiger partial charge is 0.262 e. The zero-order valence-electron chi connectivity index (χ0n) is 9.65. The molecule has 1 aromatic heterocycles. The fourth-order valence-corrected chi connectivity index (χ4v) is 2.81. The van der Waals surface area contributed by atoms with Crippen molar-refractivity contribution in [3.8, 4) is 0 Å². The normalized spacial score (nSPS) is 12.4. The number of alkyl halides is 2. The Hall–Kier alpha value is -1.02. The molecule has 0 radical (unpaired) electrons. The number of nitrogens with two attached hydrogens (primary N) is 1. The lowest BCUT2D eigenvalue weighted by Gasteiger charge is -2.05. The highest BCUT2D eigenvalue weighted by atomic mass is 32.2. The van der Waals surface area contributed by atoms with Gasteiger partial charge in [0, 0.05) is 0 Å². The van der Waals surface area contributed by atoms with Crippen molar-refractivity contribution in [3.05, 3.63) is 11.4 Å². The molecule has 0 aliphatic rings. The summed E-state index contributed by atoms with van der Waals surface area (Å²) in [5, 5.41) is 8.97. The van der Waals surface area contributed by atoms with Crippen molar-refractivity contribution in [2.24, 2.45) is 5.14 Å². The van der Waals surface area contributed by atoms with Crippen LogP contribution in [0.15, 0.2) is 4.90 Å². The van der Waals surface area contributed by atoms with Gasteiger partial charge in [-0.1, -0.05) is 13.8 Å². The maximum absolute atomic E-state index is 12.3. The molecule has 0 saturated heterocycles. The second-order valence-electron chi connectivity index (χ2n) is 3.55. The molecular weight excluding hydrogens is 252 g/mol. The molecule has 0 fully saturated rings. The quantitative estimate of drug-likeness (QED) is 0.861. The number of sulfonamides is 1. The Balaban J connectivity index is 3.41. The molecule has 1 rings (SSSR count). The lowest BCUT2D eigenvalue weighted by Crippen LogP contribution is -2.17. The Morgan fingerprint density at radius 3 is 2.29 bits per heavy atom. The predicted octanol–water partition coefficient (Wildman–Crippen LogP) is 0.920. The maximum Gasteiger partial charge on any atom is 0.257 e. The summed E-state index contributed by atoms with van der Waals surface area (Å²) in [5.74, 6) is 0. The van der Waals surface area contributed by atoms with Gasteiger partial charge in [0.25, 0.3) is 6.43 Å². The van der Waals surface area contributed by atoms with Gasteiger partial charge in [-0.2, -0.15) is 5.10 Å². The van der Waals surface area contributed by atoms with Gasteiger partial charge in [0.15, 0.2) is 0 Å². The first-order valence-corrected chi connectivity index (χ1v) is 6.75. The molecule has 0 aromatic carbocycles. The fourth-order valence-electron chi connectivity index (χ4n) is 1.72. The van der Waals surface area contributed by atoms with E-state index in [9.17, 15) is 17.2 Å². The first-order valence-electron chi connectivity index (χ1n) is 5.20. The number of rotatable bonds is 5. The van der Waals surface area contributed by atoms with Crippen molar-refractivity contribution >= 4 is 10.0 Å². The van der Waals surface area contributed by atoms with Gasteiger partial charge in [-0.25, -0.2) is 22.3 Å². The third-order valence-electron chi connectivity index (χ3n) is 2.34. The number of primary sulfonamides is 1. The first kappa shape index (κ1) is 14.0. The maximum atomic E-state index is 12.3. The zero-order chi connectivity index (χ0) is 13.2. The van der Waals surface area contributed by atoms with Crippen molar-refractivity contribution in [1.82, 2.24) is 9.78 Å². The van der Waals surface area contributed by atoms with Gasteiger partial charge < -0.3 is 0 Å². The third-order valence-corrected chi connectivity index (χ3v) is 3.38. The van der Waals surface area contributed by atoms with E-state index in [1.54, 1.807) is 13.8 Å². The molecule has 0 aliphatic carbocycles. The minimum atomic E-state index is -3.93. The van der Waals surface area contributed by atoms with Crippen LogP contribution in [0, 0.1) is 0 Å². The SMILES string of the molecule is CCc1nn(CC(F)F)c(CC)c1S(N)(=O)=O. The summed E-state index contributed by atoms with van der Waals surface area (Å²) in [7, 11) is -3.93. The highest BCUT2D eigenvalue weighted by Crippen LogP contribution is 2.21. The van der Waals surface area contributed by atoms with E-state index >= 15 is 0 Å². The summed E-state index contributed by atoms with van der Waals surface area (Å²) in [6.07, 6.45) is -1.97. The molecule has 5 nitrogen and oxygen atoms in total. The molecule has 0 spiro atoms. The Morgan fingerprint density at radius 2 is 1.94 bits per heavy atom. The van der Waals surface area contributed by atoms with Crippen LogP contribution in [0.1, 0.15) is 25.2 Å². The van der Waals surface area contributed by atoms with Gasteiger partial charge >= 0.3 is 0 Å². The molecule has 1 heterocycles. The van der Waals surface area contributed by atoms with Gasteiger partial charge in [-0.05, 0) is 12.8 Å². The van der Waals surface area contributed by atoms with E-state index in [4.69, 9.17) is 5.14 Å². The second-order valence-corrected chi connectivity index (χ2v) is 5.05. The Morgan fingerprint density at radius 1 is 1.35 bits per heavy atom. The molecule has 0 unspecified atom stereocenters. The summed E-state index contributed by atoms with van der Waals surface area (Å²) < 4.78 is 48.6. The minimum absolute atomic E-state index is 0.108. The van der Waals surface area contributed by atoms with E-state index in [0.717, 1.165) is 4.68 Å². The molecule has 2 N–H and O–H groups in total. The van der Waals surface area contributed by atoms with Crippen molar-refractivity contribution in [2.75, 3.05) is 0 Å². The number of nitrogens with zero attached hydrogens (tertiary/aromatic N) is 2. The molecular formula is C9H15F2N3O2S. The lowest BCUT2D eigenvalue weighted by molar-refractivity contribution is 0.120. The fraction of sp³-hybridized carbons (Fsp3) is 0.667. The average Bonchev–Trinajstić information content (AvgIpc) is 2.54. The molecule has 0 atom stereocenters. The molecule has 0 aliphatic heterocycles. The molecule has 0 saturated carbocycles. The van der Waals surface area contributed by atoms with E-state index in [0.29, 0.717) is 6.42 Å². The van der Waals surface area contributed by atoms with E-state index in [-0.39, 0.29) is 22.7 Å². The second kappa shape index (κ2) is 5.09. The van der Waals surface area contributed by atoms with E-state index in [1.165, 1.54) is 0 Å². The van der Waals surface area contributed by atoms with Crippen LogP contribution < -0.4 is 5.14 Å². The van der Waals surface area contributed by atoms with Crippen molar-refractivity contribution in [3.63, 3.8) is 0 Å². The van der Waals surface area contributed by atoms with Crippen molar-refractivity contribution in [2.45, 2.75) is 44.6 Å². The van der Waals surface area contributed by atoms with E-state index in [2.05, 4.69) is 5.10 Å². The first-order chi connectivity index (χ1) is 7.81. The minimum Gasteiger partial charge on any atom is -0.262 e. The average molecular weight is 267 g/mol. The van der Waals surface area contributed by atoms with Gasteiger partial charge in [0.05, 0.1) is 11.4 Å². The Labute approximate surface area is 98.7 Å². The topological polar surface area (TPSA) is 78.0 Å².